The molecule has 1 aromatic rings. The topological polar surface area (TPSA) is 50.3 Å². The molecule has 1 unspecified atom stereocenters. The molecule has 0 amide bonds. The van der Waals surface area contributed by atoms with Crippen LogP contribution in [0.4, 0.5) is 0 Å². The zero-order valence-electron chi connectivity index (χ0n) is 12.0. The van der Waals surface area contributed by atoms with Crippen molar-refractivity contribution in [3.63, 3.8) is 0 Å². The third-order valence-electron chi connectivity index (χ3n) is 3.44. The number of rotatable bonds is 3. The number of nitrogens with zero attached hydrogens (tertiary/aromatic N) is 2. The van der Waals surface area contributed by atoms with Crippen LogP contribution in [0.1, 0.15) is 37.9 Å². The third-order valence-corrected chi connectivity index (χ3v) is 6.50. The summed E-state index contributed by atoms with van der Waals surface area (Å²) in [4.78, 5) is 6.77. The van der Waals surface area contributed by atoms with Gasteiger partial charge in [-0.05, 0) is 13.5 Å². The molecule has 4 nitrogen and oxygen atoms in total. The van der Waals surface area contributed by atoms with Gasteiger partial charge in [0.05, 0.1) is 22.2 Å². The zero-order valence-corrected chi connectivity index (χ0v) is 13.6. The zero-order chi connectivity index (χ0) is 14.3. The smallest absolute Gasteiger partial charge is 0.151 e. The molecule has 0 spiro atoms. The molecule has 6 heteroatoms. The molecule has 0 aliphatic carbocycles. The number of hydrogen-bond acceptors (Lipinski definition) is 5. The molecule has 0 bridgehead atoms. The van der Waals surface area contributed by atoms with Crippen molar-refractivity contribution in [3.05, 3.63) is 16.1 Å². The van der Waals surface area contributed by atoms with E-state index >= 15 is 0 Å². The summed E-state index contributed by atoms with van der Waals surface area (Å²) in [6.07, 6.45) is 0.745. The van der Waals surface area contributed by atoms with Crippen LogP contribution in [0.2, 0.25) is 0 Å². The Morgan fingerprint density at radius 3 is 2.63 bits per heavy atom. The molecule has 108 valence electrons. The van der Waals surface area contributed by atoms with E-state index in [1.807, 2.05) is 7.05 Å². The lowest BCUT2D eigenvalue weighted by atomic mass is 9.98. The second kappa shape index (κ2) is 5.14. The molecule has 1 saturated heterocycles. The lowest BCUT2D eigenvalue weighted by Crippen LogP contribution is -2.32. The first-order valence-electron chi connectivity index (χ1n) is 6.53. The van der Waals surface area contributed by atoms with Gasteiger partial charge >= 0.3 is 0 Å². The van der Waals surface area contributed by atoms with Crippen LogP contribution in [0.15, 0.2) is 5.38 Å². The second-order valence-corrected chi connectivity index (χ2v) is 9.45. The summed E-state index contributed by atoms with van der Waals surface area (Å²) in [6.45, 7) is 7.20. The van der Waals surface area contributed by atoms with Gasteiger partial charge in [0.25, 0.3) is 0 Å². The highest BCUT2D eigenvalue weighted by Crippen LogP contribution is 2.26. The van der Waals surface area contributed by atoms with Crippen molar-refractivity contribution in [1.82, 2.24) is 9.88 Å². The van der Waals surface area contributed by atoms with Crippen LogP contribution in [0.5, 0.6) is 0 Å². The molecule has 1 aliphatic heterocycles. The largest absolute Gasteiger partial charge is 0.297 e. The minimum Gasteiger partial charge on any atom is -0.297 e. The summed E-state index contributed by atoms with van der Waals surface area (Å²) in [5.74, 6) is 0.617. The van der Waals surface area contributed by atoms with E-state index in [0.717, 1.165) is 23.7 Å². The highest BCUT2D eigenvalue weighted by Gasteiger charge is 2.30. The average molecular weight is 302 g/mol. The molecule has 0 N–H and O–H groups in total. The fourth-order valence-corrected chi connectivity index (χ4v) is 4.94. The molecule has 0 aromatic carbocycles. The fraction of sp³-hybridized carbons (Fsp3) is 0.769. The maximum atomic E-state index is 11.5. The third kappa shape index (κ3) is 3.77. The molecular weight excluding hydrogens is 280 g/mol. The number of hydrogen-bond donors (Lipinski definition) is 0. The Morgan fingerprint density at radius 1 is 1.47 bits per heavy atom. The summed E-state index contributed by atoms with van der Waals surface area (Å²) >= 11 is 1.68. The minimum absolute atomic E-state index is 0.0815. The Balaban J connectivity index is 2.00. The van der Waals surface area contributed by atoms with E-state index in [2.05, 4.69) is 36.0 Å². The molecule has 0 radical (unpaired) electrons. The molecule has 2 heterocycles. The van der Waals surface area contributed by atoms with Gasteiger partial charge < -0.3 is 0 Å². The van der Waals surface area contributed by atoms with Crippen LogP contribution in [-0.2, 0) is 21.8 Å². The molecule has 1 aliphatic rings. The van der Waals surface area contributed by atoms with Gasteiger partial charge in [-0.15, -0.1) is 11.3 Å². The summed E-state index contributed by atoms with van der Waals surface area (Å²) in [5, 5.41) is 3.22. The van der Waals surface area contributed by atoms with Crippen molar-refractivity contribution in [3.8, 4) is 0 Å². The Labute approximate surface area is 119 Å². The molecule has 2 rings (SSSR count). The van der Waals surface area contributed by atoms with Crippen LogP contribution in [0.3, 0.4) is 0 Å². The first kappa shape index (κ1) is 14.9. The van der Waals surface area contributed by atoms with Crippen LogP contribution in [0.25, 0.3) is 0 Å². The highest BCUT2D eigenvalue weighted by atomic mass is 32.2. The molecular formula is C13H22N2O2S2. The van der Waals surface area contributed by atoms with E-state index in [4.69, 9.17) is 0 Å². The number of sulfone groups is 1. The Hall–Kier alpha value is -0.460. The summed E-state index contributed by atoms with van der Waals surface area (Å²) < 4.78 is 23.0. The van der Waals surface area contributed by atoms with Gasteiger partial charge in [0.2, 0.25) is 0 Å². The summed E-state index contributed by atoms with van der Waals surface area (Å²) in [6, 6.07) is 0.143. The van der Waals surface area contributed by atoms with E-state index in [1.165, 1.54) is 0 Å². The van der Waals surface area contributed by atoms with Crippen LogP contribution in [0, 0.1) is 0 Å². The molecule has 1 aromatic heterocycles. The minimum atomic E-state index is -2.81. The SMILES string of the molecule is CN(Cc1csc(C(C)(C)C)n1)C1CCS(=O)(=O)C1. The van der Waals surface area contributed by atoms with Crippen molar-refractivity contribution in [2.24, 2.45) is 0 Å². The first-order valence-corrected chi connectivity index (χ1v) is 9.23. The molecule has 1 fully saturated rings. The summed E-state index contributed by atoms with van der Waals surface area (Å²) in [7, 11) is -0.823. The lowest BCUT2D eigenvalue weighted by molar-refractivity contribution is 0.251. The molecule has 1 atom stereocenters. The van der Waals surface area contributed by atoms with E-state index in [-0.39, 0.29) is 11.5 Å². The van der Waals surface area contributed by atoms with Crippen molar-refractivity contribution < 1.29 is 8.42 Å². The average Bonchev–Trinajstić information content (AvgIpc) is 2.83. The molecule has 19 heavy (non-hydrogen) atoms. The van der Waals surface area contributed by atoms with E-state index in [0.29, 0.717) is 11.5 Å². The van der Waals surface area contributed by atoms with Gasteiger partial charge in [0, 0.05) is 23.4 Å². The van der Waals surface area contributed by atoms with E-state index in [1.54, 1.807) is 11.3 Å². The standard InChI is InChI=1S/C13H22N2O2S2/c1-13(2,3)12-14-10(8-18-12)7-15(4)11-5-6-19(16,17)9-11/h8,11H,5-7,9H2,1-4H3. The summed E-state index contributed by atoms with van der Waals surface area (Å²) in [5.41, 5.74) is 1.12. The molecule has 0 saturated carbocycles. The van der Waals surface area contributed by atoms with Crippen LogP contribution < -0.4 is 0 Å². The van der Waals surface area contributed by atoms with Gasteiger partial charge in [0.1, 0.15) is 0 Å². The quantitative estimate of drug-likeness (QED) is 0.857. The van der Waals surface area contributed by atoms with E-state index in [9.17, 15) is 8.42 Å². The first-order chi connectivity index (χ1) is 8.67. The number of aromatic nitrogens is 1. The van der Waals surface area contributed by atoms with Gasteiger partial charge in [-0.2, -0.15) is 0 Å². The fourth-order valence-electron chi connectivity index (χ4n) is 2.23. The van der Waals surface area contributed by atoms with Crippen molar-refractivity contribution >= 4 is 21.2 Å². The maximum Gasteiger partial charge on any atom is 0.151 e. The maximum absolute atomic E-state index is 11.5. The van der Waals surface area contributed by atoms with Crippen molar-refractivity contribution in [1.29, 1.82) is 0 Å². The predicted octanol–water partition coefficient (Wildman–Crippen LogP) is 2.06. The Kier molecular flexibility index (Phi) is 4.05. The van der Waals surface area contributed by atoms with Gasteiger partial charge in [0.15, 0.2) is 9.84 Å². The van der Waals surface area contributed by atoms with Gasteiger partial charge in [-0.25, -0.2) is 13.4 Å². The second-order valence-electron chi connectivity index (χ2n) is 6.37. The van der Waals surface area contributed by atoms with Crippen LogP contribution in [-0.4, -0.2) is 42.9 Å². The van der Waals surface area contributed by atoms with Crippen LogP contribution >= 0.6 is 11.3 Å². The van der Waals surface area contributed by atoms with Gasteiger partial charge in [-0.1, -0.05) is 20.8 Å². The van der Waals surface area contributed by atoms with Gasteiger partial charge in [-0.3, -0.25) is 4.90 Å². The van der Waals surface area contributed by atoms with Crippen molar-refractivity contribution in [2.75, 3.05) is 18.6 Å². The Bertz CT molecular complexity index is 543. The number of thiazole rings is 1. The normalized spacial score (nSPS) is 23.1. The lowest BCUT2D eigenvalue weighted by Gasteiger charge is -2.22. The Morgan fingerprint density at radius 2 is 2.16 bits per heavy atom. The highest BCUT2D eigenvalue weighted by molar-refractivity contribution is 7.91. The van der Waals surface area contributed by atoms with E-state index < -0.39 is 9.84 Å². The predicted molar refractivity (Wildman–Crippen MR) is 79.3 cm³/mol. The monoisotopic (exact) mass is 302 g/mol. The van der Waals surface area contributed by atoms with Crippen molar-refractivity contribution in [2.45, 2.75) is 45.2 Å².